The fourth-order valence-electron chi connectivity index (χ4n) is 1.28. The van der Waals surface area contributed by atoms with E-state index in [0.717, 1.165) is 0 Å². The molecule has 3 nitrogen and oxygen atoms in total. The summed E-state index contributed by atoms with van der Waals surface area (Å²) in [5.74, 6) is 0.103. The van der Waals surface area contributed by atoms with E-state index >= 15 is 0 Å². The highest BCUT2D eigenvalue weighted by Crippen LogP contribution is 2.20. The maximum absolute atomic E-state index is 12.1. The predicted molar refractivity (Wildman–Crippen MR) is 51.6 cm³/mol. The molecular formula is C10H8F3N3. The predicted octanol–water partition coefficient (Wildman–Crippen LogP) is 2.58. The third kappa shape index (κ3) is 2.59. The number of benzene rings is 1. The third-order valence-electron chi connectivity index (χ3n) is 1.93. The molecule has 16 heavy (non-hydrogen) atoms. The van der Waals surface area contributed by atoms with E-state index in [1.807, 2.05) is 6.07 Å². The lowest BCUT2D eigenvalue weighted by Gasteiger charge is -2.01. The summed E-state index contributed by atoms with van der Waals surface area (Å²) in [7, 11) is 0. The van der Waals surface area contributed by atoms with Gasteiger partial charge in [-0.25, -0.2) is 4.98 Å². The van der Waals surface area contributed by atoms with Crippen molar-refractivity contribution in [2.75, 3.05) is 0 Å². The molecule has 0 unspecified atom stereocenters. The van der Waals surface area contributed by atoms with Gasteiger partial charge in [0.05, 0.1) is 0 Å². The third-order valence-corrected chi connectivity index (χ3v) is 1.93. The minimum atomic E-state index is -4.27. The first-order chi connectivity index (χ1) is 7.54. The molecule has 0 aliphatic heterocycles. The topological polar surface area (TPSA) is 41.6 Å². The SMILES string of the molecule is FC(F)(F)Cc1nc(-c2ccccc2)n[nH]1. The summed E-state index contributed by atoms with van der Waals surface area (Å²) in [6, 6.07) is 8.83. The summed E-state index contributed by atoms with van der Waals surface area (Å²) in [5, 5.41) is 6.01. The molecule has 0 saturated heterocycles. The van der Waals surface area contributed by atoms with Crippen molar-refractivity contribution in [2.24, 2.45) is 0 Å². The van der Waals surface area contributed by atoms with Crippen LogP contribution in [0.15, 0.2) is 30.3 Å². The Morgan fingerprint density at radius 2 is 1.81 bits per heavy atom. The maximum Gasteiger partial charge on any atom is 0.396 e. The maximum atomic E-state index is 12.1. The first-order valence-electron chi connectivity index (χ1n) is 4.58. The highest BCUT2D eigenvalue weighted by atomic mass is 19.4. The van der Waals surface area contributed by atoms with Crippen LogP contribution in [0.3, 0.4) is 0 Å². The molecule has 0 bridgehead atoms. The van der Waals surface area contributed by atoms with Gasteiger partial charge in [0.15, 0.2) is 5.82 Å². The van der Waals surface area contributed by atoms with Crippen LogP contribution >= 0.6 is 0 Å². The van der Waals surface area contributed by atoms with Gasteiger partial charge in [-0.2, -0.15) is 18.3 Å². The number of nitrogens with one attached hydrogen (secondary N) is 1. The van der Waals surface area contributed by atoms with Crippen LogP contribution in [0.1, 0.15) is 5.82 Å². The molecule has 0 amide bonds. The van der Waals surface area contributed by atoms with Gasteiger partial charge in [0.1, 0.15) is 12.2 Å². The molecule has 1 aromatic carbocycles. The fourth-order valence-corrected chi connectivity index (χ4v) is 1.28. The van der Waals surface area contributed by atoms with E-state index in [1.54, 1.807) is 24.3 Å². The molecule has 2 rings (SSSR count). The quantitative estimate of drug-likeness (QED) is 0.856. The summed E-state index contributed by atoms with van der Waals surface area (Å²) in [4.78, 5) is 3.78. The van der Waals surface area contributed by atoms with Crippen molar-refractivity contribution in [1.82, 2.24) is 15.2 Å². The Morgan fingerprint density at radius 1 is 1.12 bits per heavy atom. The average Bonchev–Trinajstić information content (AvgIpc) is 2.65. The molecule has 0 aliphatic carbocycles. The average molecular weight is 227 g/mol. The number of hydrogen-bond donors (Lipinski definition) is 1. The molecule has 0 atom stereocenters. The van der Waals surface area contributed by atoms with Crippen molar-refractivity contribution in [3.63, 3.8) is 0 Å². The van der Waals surface area contributed by atoms with E-state index in [9.17, 15) is 13.2 Å². The number of hydrogen-bond acceptors (Lipinski definition) is 2. The van der Waals surface area contributed by atoms with Crippen LogP contribution < -0.4 is 0 Å². The van der Waals surface area contributed by atoms with Crippen molar-refractivity contribution in [3.05, 3.63) is 36.2 Å². The Kier molecular flexibility index (Phi) is 2.64. The number of alkyl halides is 3. The molecule has 1 aromatic heterocycles. The molecule has 6 heteroatoms. The summed E-state index contributed by atoms with van der Waals surface area (Å²) < 4.78 is 36.2. The lowest BCUT2D eigenvalue weighted by molar-refractivity contribution is -0.128. The van der Waals surface area contributed by atoms with Crippen LogP contribution in [-0.2, 0) is 6.42 Å². The second-order valence-electron chi connectivity index (χ2n) is 3.26. The van der Waals surface area contributed by atoms with Gasteiger partial charge >= 0.3 is 6.18 Å². The minimum Gasteiger partial charge on any atom is -0.262 e. The number of H-pyrrole nitrogens is 1. The number of nitrogens with zero attached hydrogens (tertiary/aromatic N) is 2. The number of halogens is 3. The Morgan fingerprint density at radius 3 is 2.44 bits per heavy atom. The largest absolute Gasteiger partial charge is 0.396 e. The van der Waals surface area contributed by atoms with Gasteiger partial charge < -0.3 is 0 Å². The summed E-state index contributed by atoms with van der Waals surface area (Å²) >= 11 is 0. The molecular weight excluding hydrogens is 219 g/mol. The Hall–Kier alpha value is -1.85. The number of rotatable bonds is 2. The molecule has 0 radical (unpaired) electrons. The zero-order valence-electron chi connectivity index (χ0n) is 8.12. The Bertz CT molecular complexity index is 462. The molecule has 0 fully saturated rings. The van der Waals surface area contributed by atoms with Gasteiger partial charge in [-0.15, -0.1) is 0 Å². The van der Waals surface area contributed by atoms with Crippen LogP contribution in [0.25, 0.3) is 11.4 Å². The zero-order valence-corrected chi connectivity index (χ0v) is 8.12. The smallest absolute Gasteiger partial charge is 0.262 e. The van der Waals surface area contributed by atoms with E-state index in [1.165, 1.54) is 0 Å². The van der Waals surface area contributed by atoms with Gasteiger partial charge in [-0.05, 0) is 0 Å². The lowest BCUT2D eigenvalue weighted by Crippen LogP contribution is -2.12. The first-order valence-corrected chi connectivity index (χ1v) is 4.58. The molecule has 1 heterocycles. The van der Waals surface area contributed by atoms with Gasteiger partial charge in [0.25, 0.3) is 0 Å². The van der Waals surface area contributed by atoms with E-state index in [0.29, 0.717) is 5.56 Å². The van der Waals surface area contributed by atoms with E-state index in [-0.39, 0.29) is 11.6 Å². The Balaban J connectivity index is 2.21. The standard InChI is InChI=1S/C10H8F3N3/c11-10(12,13)6-8-14-9(16-15-8)7-4-2-1-3-5-7/h1-5H,6H2,(H,14,15,16). The lowest BCUT2D eigenvalue weighted by atomic mass is 10.2. The normalized spacial score (nSPS) is 11.7. The molecule has 0 spiro atoms. The molecule has 1 N–H and O–H groups in total. The molecule has 0 aliphatic rings. The summed E-state index contributed by atoms with van der Waals surface area (Å²) in [5.41, 5.74) is 0.687. The van der Waals surface area contributed by atoms with Crippen molar-refractivity contribution < 1.29 is 13.2 Å². The van der Waals surface area contributed by atoms with Gasteiger partial charge in [-0.3, -0.25) is 5.10 Å². The van der Waals surface area contributed by atoms with Crippen LogP contribution in [0, 0.1) is 0 Å². The second-order valence-corrected chi connectivity index (χ2v) is 3.26. The molecule has 0 saturated carbocycles. The Labute approximate surface area is 89.3 Å². The van der Waals surface area contributed by atoms with E-state index < -0.39 is 12.6 Å². The highest BCUT2D eigenvalue weighted by molar-refractivity contribution is 5.53. The summed E-state index contributed by atoms with van der Waals surface area (Å²) in [6.45, 7) is 0. The number of aromatic amines is 1. The minimum absolute atomic E-state index is 0.175. The number of aromatic nitrogens is 3. The summed E-state index contributed by atoms with van der Waals surface area (Å²) in [6.07, 6.45) is -5.36. The monoisotopic (exact) mass is 227 g/mol. The van der Waals surface area contributed by atoms with E-state index in [2.05, 4.69) is 15.2 Å². The van der Waals surface area contributed by atoms with Crippen molar-refractivity contribution >= 4 is 0 Å². The fraction of sp³-hybridized carbons (Fsp3) is 0.200. The van der Waals surface area contributed by atoms with Crippen LogP contribution in [0.4, 0.5) is 13.2 Å². The molecule has 2 aromatic rings. The van der Waals surface area contributed by atoms with Gasteiger partial charge in [0, 0.05) is 5.56 Å². The van der Waals surface area contributed by atoms with Crippen LogP contribution in [-0.4, -0.2) is 21.4 Å². The van der Waals surface area contributed by atoms with Crippen LogP contribution in [0.2, 0.25) is 0 Å². The highest BCUT2D eigenvalue weighted by Gasteiger charge is 2.29. The van der Waals surface area contributed by atoms with Gasteiger partial charge in [-0.1, -0.05) is 30.3 Å². The van der Waals surface area contributed by atoms with E-state index in [4.69, 9.17) is 0 Å². The second kappa shape index (κ2) is 3.96. The molecule has 84 valence electrons. The van der Waals surface area contributed by atoms with Gasteiger partial charge in [0.2, 0.25) is 0 Å². The van der Waals surface area contributed by atoms with Crippen molar-refractivity contribution in [2.45, 2.75) is 12.6 Å². The van der Waals surface area contributed by atoms with Crippen molar-refractivity contribution in [3.8, 4) is 11.4 Å². The van der Waals surface area contributed by atoms with Crippen LogP contribution in [0.5, 0.6) is 0 Å². The van der Waals surface area contributed by atoms with Crippen molar-refractivity contribution in [1.29, 1.82) is 0 Å². The zero-order chi connectivity index (χ0) is 11.6. The first kappa shape index (κ1) is 10.7.